The van der Waals surface area contributed by atoms with Gasteiger partial charge in [0.15, 0.2) is 0 Å². The monoisotopic (exact) mass is 341 g/mol. The number of benzene rings is 2. The van der Waals surface area contributed by atoms with E-state index in [4.69, 9.17) is 16.9 Å². The predicted octanol–water partition coefficient (Wildman–Crippen LogP) is 3.05. The first-order valence-corrected chi connectivity index (χ1v) is 7.72. The van der Waals surface area contributed by atoms with E-state index in [0.29, 0.717) is 17.3 Å². The first-order chi connectivity index (χ1) is 11.6. The molecule has 0 atom stereocenters. The Balaban J connectivity index is 1.84. The normalized spacial score (nSPS) is 9.83. The lowest BCUT2D eigenvalue weighted by molar-refractivity contribution is -0.120. The lowest BCUT2D eigenvalue weighted by Gasteiger charge is -2.08. The summed E-state index contributed by atoms with van der Waals surface area (Å²) in [5.74, 6) is -0.465. The van der Waals surface area contributed by atoms with Crippen molar-refractivity contribution in [1.82, 2.24) is 5.32 Å². The molecule has 0 aliphatic carbocycles. The van der Waals surface area contributed by atoms with Crippen LogP contribution in [0, 0.1) is 11.3 Å². The molecule has 0 radical (unpaired) electrons. The summed E-state index contributed by atoms with van der Waals surface area (Å²) < 4.78 is 0. The first-order valence-electron chi connectivity index (χ1n) is 7.34. The van der Waals surface area contributed by atoms with E-state index >= 15 is 0 Å². The highest BCUT2D eigenvalue weighted by atomic mass is 35.5. The van der Waals surface area contributed by atoms with Crippen molar-refractivity contribution in [3.05, 3.63) is 64.7 Å². The fourth-order valence-electron chi connectivity index (χ4n) is 2.06. The molecule has 0 aliphatic rings. The summed E-state index contributed by atoms with van der Waals surface area (Å²) >= 11 is 6.03. The third kappa shape index (κ3) is 5.41. The van der Waals surface area contributed by atoms with E-state index in [1.807, 2.05) is 18.2 Å². The van der Waals surface area contributed by atoms with Crippen LogP contribution in [-0.2, 0) is 22.6 Å². The second-order valence-corrected chi connectivity index (χ2v) is 5.53. The summed E-state index contributed by atoms with van der Waals surface area (Å²) in [6.07, 6.45) is 0.0435. The molecule has 2 N–H and O–H groups in total. The van der Waals surface area contributed by atoms with Gasteiger partial charge in [-0.1, -0.05) is 41.9 Å². The van der Waals surface area contributed by atoms with E-state index in [2.05, 4.69) is 10.6 Å². The summed E-state index contributed by atoms with van der Waals surface area (Å²) in [7, 11) is 0. The van der Waals surface area contributed by atoms with Crippen molar-refractivity contribution in [2.75, 3.05) is 5.32 Å². The molecule has 2 aromatic carbocycles. The molecule has 0 fully saturated rings. The number of carbonyl (C=O) groups excluding carboxylic acids is 2. The summed E-state index contributed by atoms with van der Waals surface area (Å²) in [4.78, 5) is 23.3. The van der Waals surface area contributed by atoms with Crippen molar-refractivity contribution >= 4 is 29.1 Å². The molecule has 2 amide bonds. The largest absolute Gasteiger partial charge is 0.352 e. The van der Waals surface area contributed by atoms with Crippen LogP contribution >= 0.6 is 11.6 Å². The first kappa shape index (κ1) is 17.5. The number of hydrogen-bond acceptors (Lipinski definition) is 3. The molecule has 2 aromatic rings. The minimum Gasteiger partial charge on any atom is -0.352 e. The second kappa shape index (κ2) is 8.70. The number of nitrogens with one attached hydrogen (secondary N) is 2. The van der Waals surface area contributed by atoms with Crippen molar-refractivity contribution in [1.29, 1.82) is 5.26 Å². The van der Waals surface area contributed by atoms with E-state index in [1.54, 1.807) is 36.4 Å². The van der Waals surface area contributed by atoms with Gasteiger partial charge in [0.2, 0.25) is 11.8 Å². The van der Waals surface area contributed by atoms with Crippen LogP contribution < -0.4 is 10.6 Å². The summed E-state index contributed by atoms with van der Waals surface area (Å²) in [6, 6.07) is 16.1. The molecule has 0 saturated heterocycles. The molecule has 2 rings (SSSR count). The van der Waals surface area contributed by atoms with E-state index < -0.39 is 0 Å². The lowest BCUT2D eigenvalue weighted by atomic mass is 10.1. The van der Waals surface area contributed by atoms with Gasteiger partial charge in [0, 0.05) is 17.3 Å². The van der Waals surface area contributed by atoms with Gasteiger partial charge in [-0.05, 0) is 29.3 Å². The molecule has 122 valence electrons. The lowest BCUT2D eigenvalue weighted by Crippen LogP contribution is -2.24. The number of carbonyl (C=O) groups is 2. The molecular weight excluding hydrogens is 326 g/mol. The van der Waals surface area contributed by atoms with Gasteiger partial charge >= 0.3 is 0 Å². The van der Waals surface area contributed by atoms with Gasteiger partial charge in [-0.2, -0.15) is 5.26 Å². The Morgan fingerprint density at radius 2 is 1.75 bits per heavy atom. The summed E-state index contributed by atoms with van der Waals surface area (Å²) in [5.41, 5.74) is 2.30. The van der Waals surface area contributed by atoms with Gasteiger partial charge in [-0.25, -0.2) is 0 Å². The van der Waals surface area contributed by atoms with Crippen molar-refractivity contribution in [3.63, 3.8) is 0 Å². The molecule has 0 saturated carbocycles. The van der Waals surface area contributed by atoms with Gasteiger partial charge in [0.05, 0.1) is 12.5 Å². The maximum Gasteiger partial charge on any atom is 0.238 e. The number of halogens is 1. The Morgan fingerprint density at radius 3 is 2.42 bits per heavy atom. The van der Waals surface area contributed by atoms with Crippen molar-refractivity contribution in [3.8, 4) is 6.07 Å². The zero-order valence-electron chi connectivity index (χ0n) is 12.9. The quantitative estimate of drug-likeness (QED) is 0.847. The molecule has 0 aromatic heterocycles. The van der Waals surface area contributed by atoms with Gasteiger partial charge < -0.3 is 10.6 Å². The minimum absolute atomic E-state index is 0.116. The van der Waals surface area contributed by atoms with E-state index in [-0.39, 0.29) is 24.7 Å². The summed E-state index contributed by atoms with van der Waals surface area (Å²) in [6.45, 7) is 0.385. The van der Waals surface area contributed by atoms with Gasteiger partial charge in [-0.3, -0.25) is 9.59 Å². The number of nitrogens with zero attached hydrogens (tertiary/aromatic N) is 1. The Kier molecular flexibility index (Phi) is 6.35. The topological polar surface area (TPSA) is 82.0 Å². The number of hydrogen-bond donors (Lipinski definition) is 2. The molecule has 0 spiro atoms. The van der Waals surface area contributed by atoms with Gasteiger partial charge in [0.25, 0.3) is 0 Å². The average Bonchev–Trinajstić information content (AvgIpc) is 2.56. The fourth-order valence-corrected chi connectivity index (χ4v) is 2.26. The Hall–Kier alpha value is -2.84. The zero-order chi connectivity index (χ0) is 17.4. The molecule has 0 heterocycles. The molecule has 6 heteroatoms. The standard InChI is InChI=1S/C18H16ClN3O2/c19-16-4-2-1-3-14(16)11-18(24)21-12-13-5-7-15(8-6-13)22-17(23)9-10-20/h1-8H,9,11-12H2,(H,21,24)(H,22,23). The van der Waals surface area contributed by atoms with Crippen molar-refractivity contribution in [2.24, 2.45) is 0 Å². The predicted molar refractivity (Wildman–Crippen MR) is 92.3 cm³/mol. The highest BCUT2D eigenvalue weighted by molar-refractivity contribution is 6.31. The number of anilines is 1. The minimum atomic E-state index is -0.349. The van der Waals surface area contributed by atoms with Crippen LogP contribution in [0.4, 0.5) is 5.69 Å². The molecule has 0 bridgehead atoms. The highest BCUT2D eigenvalue weighted by Crippen LogP contribution is 2.15. The number of nitriles is 1. The van der Waals surface area contributed by atoms with Crippen molar-refractivity contribution in [2.45, 2.75) is 19.4 Å². The van der Waals surface area contributed by atoms with E-state index in [9.17, 15) is 9.59 Å². The molecular formula is C18H16ClN3O2. The number of rotatable bonds is 6. The number of amides is 2. The third-order valence-corrected chi connectivity index (χ3v) is 3.64. The van der Waals surface area contributed by atoms with Crippen LogP contribution in [0.5, 0.6) is 0 Å². The average molecular weight is 342 g/mol. The van der Waals surface area contributed by atoms with E-state index in [1.165, 1.54) is 0 Å². The Bertz CT molecular complexity index is 767. The maximum absolute atomic E-state index is 12.0. The highest BCUT2D eigenvalue weighted by Gasteiger charge is 2.06. The molecule has 0 aliphatic heterocycles. The SMILES string of the molecule is N#CCC(=O)Nc1ccc(CNC(=O)Cc2ccccc2Cl)cc1. The van der Waals surface area contributed by atoms with Crippen LogP contribution in [0.2, 0.25) is 5.02 Å². The third-order valence-electron chi connectivity index (χ3n) is 3.28. The van der Waals surface area contributed by atoms with Crippen LogP contribution in [0.25, 0.3) is 0 Å². The maximum atomic E-state index is 12.0. The Labute approximate surface area is 145 Å². The molecule has 5 nitrogen and oxygen atoms in total. The second-order valence-electron chi connectivity index (χ2n) is 5.12. The van der Waals surface area contributed by atoms with Crippen LogP contribution in [-0.4, -0.2) is 11.8 Å². The summed E-state index contributed by atoms with van der Waals surface area (Å²) in [5, 5.41) is 14.5. The molecule has 0 unspecified atom stereocenters. The Morgan fingerprint density at radius 1 is 1.04 bits per heavy atom. The smallest absolute Gasteiger partial charge is 0.238 e. The van der Waals surface area contributed by atoms with Gasteiger partial charge in [-0.15, -0.1) is 0 Å². The van der Waals surface area contributed by atoms with Crippen LogP contribution in [0.15, 0.2) is 48.5 Å². The molecule has 24 heavy (non-hydrogen) atoms. The van der Waals surface area contributed by atoms with Gasteiger partial charge in [0.1, 0.15) is 6.42 Å². The van der Waals surface area contributed by atoms with E-state index in [0.717, 1.165) is 11.1 Å². The fraction of sp³-hybridized carbons (Fsp3) is 0.167. The van der Waals surface area contributed by atoms with Crippen LogP contribution in [0.1, 0.15) is 17.5 Å². The zero-order valence-corrected chi connectivity index (χ0v) is 13.6. The van der Waals surface area contributed by atoms with Crippen LogP contribution in [0.3, 0.4) is 0 Å². The van der Waals surface area contributed by atoms with Crippen molar-refractivity contribution < 1.29 is 9.59 Å².